The maximum Gasteiger partial charge on any atom is 0.331 e. The maximum absolute atomic E-state index is 12.5. The van der Waals surface area contributed by atoms with Gasteiger partial charge in [0, 0.05) is 6.08 Å². The molecule has 0 spiro atoms. The van der Waals surface area contributed by atoms with Crippen LogP contribution in [-0.2, 0) is 14.3 Å². The molecule has 0 N–H and O–H groups in total. The quantitative estimate of drug-likeness (QED) is 0.453. The number of carbonyl (C=O) groups is 2. The normalized spacial score (nSPS) is 29.6. The topological polar surface area (TPSA) is 78.8 Å². The Morgan fingerprint density at radius 3 is 2.38 bits per heavy atom. The van der Waals surface area contributed by atoms with Crippen LogP contribution in [0.5, 0.6) is 0 Å². The van der Waals surface area contributed by atoms with E-state index >= 15 is 0 Å². The Kier molecular flexibility index (Phi) is 2.83. The first-order chi connectivity index (χ1) is 10.2. The Labute approximate surface area is 120 Å². The van der Waals surface area contributed by atoms with Gasteiger partial charge >= 0.3 is 6.03 Å². The van der Waals surface area contributed by atoms with Crippen molar-refractivity contribution in [2.75, 3.05) is 26.3 Å². The maximum atomic E-state index is 12.5. The minimum absolute atomic E-state index is 0.0128. The van der Waals surface area contributed by atoms with E-state index in [0.717, 1.165) is 0 Å². The highest BCUT2D eigenvalue weighted by Gasteiger charge is 2.45. The van der Waals surface area contributed by atoms with Gasteiger partial charge in [-0.05, 0) is 12.1 Å². The summed E-state index contributed by atoms with van der Waals surface area (Å²) in [6.07, 6.45) is 3.10. The molecule has 0 saturated carbocycles. The average Bonchev–Trinajstić information content (AvgIpc) is 3.39. The Morgan fingerprint density at radius 1 is 1.14 bits per heavy atom. The number of furan rings is 1. The van der Waals surface area contributed by atoms with Crippen LogP contribution in [0.25, 0.3) is 6.08 Å². The molecule has 21 heavy (non-hydrogen) atoms. The van der Waals surface area contributed by atoms with E-state index in [1.807, 2.05) is 0 Å². The van der Waals surface area contributed by atoms with Gasteiger partial charge in [-0.2, -0.15) is 0 Å². The molecular formula is C14H14N2O5. The molecular weight excluding hydrogens is 276 g/mol. The van der Waals surface area contributed by atoms with Crippen LogP contribution in [-0.4, -0.2) is 60.2 Å². The lowest BCUT2D eigenvalue weighted by atomic mass is 10.3. The first kappa shape index (κ1) is 12.6. The highest BCUT2D eigenvalue weighted by atomic mass is 16.6. The summed E-state index contributed by atoms with van der Waals surface area (Å²) in [5.74, 6) is 0.227. The highest BCUT2D eigenvalue weighted by molar-refractivity contribution is 6.13. The van der Waals surface area contributed by atoms with Crippen molar-refractivity contribution in [1.82, 2.24) is 9.80 Å². The van der Waals surface area contributed by atoms with Crippen LogP contribution in [0.4, 0.5) is 4.79 Å². The molecule has 3 saturated heterocycles. The molecule has 0 radical (unpaired) electrons. The summed E-state index contributed by atoms with van der Waals surface area (Å²) in [5, 5.41) is 0. The zero-order valence-corrected chi connectivity index (χ0v) is 11.2. The van der Waals surface area contributed by atoms with Gasteiger partial charge in [-0.1, -0.05) is 0 Å². The van der Waals surface area contributed by atoms with Crippen LogP contribution in [0.15, 0.2) is 28.5 Å². The molecule has 0 aliphatic carbocycles. The van der Waals surface area contributed by atoms with E-state index in [0.29, 0.717) is 37.8 Å². The van der Waals surface area contributed by atoms with Crippen LogP contribution in [0, 0.1) is 0 Å². The molecule has 7 heteroatoms. The van der Waals surface area contributed by atoms with Gasteiger partial charge in [0.05, 0.1) is 44.8 Å². The lowest BCUT2D eigenvalue weighted by molar-refractivity contribution is -0.123. The Morgan fingerprint density at radius 2 is 1.81 bits per heavy atom. The second kappa shape index (κ2) is 4.71. The van der Waals surface area contributed by atoms with Crippen molar-refractivity contribution in [3.05, 3.63) is 29.9 Å². The lowest BCUT2D eigenvalue weighted by Gasteiger charge is -2.15. The van der Waals surface area contributed by atoms with Gasteiger partial charge in [0.15, 0.2) is 0 Å². The summed E-state index contributed by atoms with van der Waals surface area (Å²) in [6.45, 7) is 1.91. The van der Waals surface area contributed by atoms with E-state index in [4.69, 9.17) is 13.9 Å². The number of amides is 3. The van der Waals surface area contributed by atoms with Crippen LogP contribution in [0.2, 0.25) is 0 Å². The van der Waals surface area contributed by atoms with Crippen molar-refractivity contribution in [3.63, 3.8) is 0 Å². The third kappa shape index (κ3) is 2.45. The predicted molar refractivity (Wildman–Crippen MR) is 70.0 cm³/mol. The van der Waals surface area contributed by atoms with E-state index in [1.165, 1.54) is 16.1 Å². The summed E-state index contributed by atoms with van der Waals surface area (Å²) in [6, 6.07) is 3.16. The molecule has 3 aliphatic heterocycles. The van der Waals surface area contributed by atoms with Gasteiger partial charge in [-0.3, -0.25) is 14.6 Å². The Balaban J connectivity index is 1.63. The molecule has 3 amide bonds. The summed E-state index contributed by atoms with van der Waals surface area (Å²) >= 11 is 0. The van der Waals surface area contributed by atoms with E-state index < -0.39 is 0 Å². The fourth-order valence-corrected chi connectivity index (χ4v) is 2.33. The van der Waals surface area contributed by atoms with E-state index in [1.54, 1.807) is 18.2 Å². The summed E-state index contributed by atoms with van der Waals surface area (Å²) in [7, 11) is 0. The molecule has 3 fully saturated rings. The van der Waals surface area contributed by atoms with E-state index in [9.17, 15) is 9.59 Å². The molecule has 7 nitrogen and oxygen atoms in total. The van der Waals surface area contributed by atoms with Gasteiger partial charge in [0.25, 0.3) is 5.91 Å². The predicted octanol–water partition coefficient (Wildman–Crippen LogP) is 0.682. The third-order valence-electron chi connectivity index (χ3n) is 3.62. The molecule has 4 heterocycles. The highest BCUT2D eigenvalue weighted by Crippen LogP contribution is 2.27. The monoisotopic (exact) mass is 290 g/mol. The van der Waals surface area contributed by atoms with Gasteiger partial charge in [-0.25, -0.2) is 4.79 Å². The van der Waals surface area contributed by atoms with Crippen LogP contribution in [0.3, 0.4) is 0 Å². The molecule has 4 rings (SSSR count). The smallest absolute Gasteiger partial charge is 0.331 e. The number of ether oxygens (including phenoxy) is 2. The van der Waals surface area contributed by atoms with Crippen LogP contribution < -0.4 is 0 Å². The Hall–Kier alpha value is -2.12. The molecule has 2 unspecified atom stereocenters. The van der Waals surface area contributed by atoms with Crippen molar-refractivity contribution >= 4 is 18.0 Å². The van der Waals surface area contributed by atoms with E-state index in [-0.39, 0.29) is 24.1 Å². The number of hydrogen-bond donors (Lipinski definition) is 0. The molecule has 0 bridgehead atoms. The fraction of sp³-hybridized carbons (Fsp3) is 0.429. The number of hydrogen-bond acceptors (Lipinski definition) is 5. The second-order valence-corrected chi connectivity index (χ2v) is 5.26. The summed E-state index contributed by atoms with van der Waals surface area (Å²) in [5.41, 5.74) is 0.325. The molecule has 2 atom stereocenters. The van der Waals surface area contributed by atoms with Crippen molar-refractivity contribution in [2.24, 2.45) is 0 Å². The first-order valence-corrected chi connectivity index (χ1v) is 6.84. The minimum Gasteiger partial charge on any atom is -0.465 e. The Bertz CT molecular complexity index is 601. The van der Waals surface area contributed by atoms with Crippen molar-refractivity contribution in [2.45, 2.75) is 12.2 Å². The SMILES string of the molecule is O=C1C(=Cc2ccco2)N(CC2CO2)C(=O)N1CC1CO1. The number of rotatable bonds is 5. The number of nitrogens with zero attached hydrogens (tertiary/aromatic N) is 2. The number of imide groups is 1. The number of carbonyl (C=O) groups excluding carboxylic acids is 2. The zero-order valence-electron chi connectivity index (χ0n) is 11.2. The summed E-state index contributed by atoms with van der Waals surface area (Å²) < 4.78 is 15.5. The van der Waals surface area contributed by atoms with Gasteiger partial charge in [0.1, 0.15) is 11.5 Å². The van der Waals surface area contributed by atoms with Crippen LogP contribution in [0.1, 0.15) is 5.76 Å². The largest absolute Gasteiger partial charge is 0.465 e. The first-order valence-electron chi connectivity index (χ1n) is 6.84. The summed E-state index contributed by atoms with van der Waals surface area (Å²) in [4.78, 5) is 27.6. The van der Waals surface area contributed by atoms with Gasteiger partial charge < -0.3 is 13.9 Å². The molecule has 1 aromatic rings. The van der Waals surface area contributed by atoms with Crippen molar-refractivity contribution < 1.29 is 23.5 Å². The zero-order chi connectivity index (χ0) is 14.4. The fourth-order valence-electron chi connectivity index (χ4n) is 2.33. The van der Waals surface area contributed by atoms with Crippen molar-refractivity contribution in [1.29, 1.82) is 0 Å². The number of urea groups is 1. The van der Waals surface area contributed by atoms with Crippen LogP contribution >= 0.6 is 0 Å². The van der Waals surface area contributed by atoms with Gasteiger partial charge in [-0.15, -0.1) is 0 Å². The minimum atomic E-state index is -0.316. The third-order valence-corrected chi connectivity index (χ3v) is 3.62. The standard InChI is InChI=1S/C14H14N2O5/c17-13-12(4-9-2-1-3-19-9)15(5-10-7-20-10)14(18)16(13)6-11-8-21-11/h1-4,10-11H,5-8H2. The molecule has 0 aromatic carbocycles. The number of epoxide rings is 2. The lowest BCUT2D eigenvalue weighted by Crippen LogP contribution is -2.36. The van der Waals surface area contributed by atoms with Crippen molar-refractivity contribution in [3.8, 4) is 0 Å². The average molecular weight is 290 g/mol. The molecule has 110 valence electrons. The second-order valence-electron chi connectivity index (χ2n) is 5.26. The van der Waals surface area contributed by atoms with E-state index in [2.05, 4.69) is 0 Å². The van der Waals surface area contributed by atoms with Gasteiger partial charge in [0.2, 0.25) is 0 Å². The molecule has 1 aromatic heterocycles. The molecule has 3 aliphatic rings.